The average Bonchev–Trinajstić information content (AvgIpc) is 3.46. The van der Waals surface area contributed by atoms with E-state index in [4.69, 9.17) is 0 Å². The Balaban J connectivity index is 1.48. The molecule has 1 spiro atoms. The molecule has 0 aromatic heterocycles. The molecule has 11 rings (SSSR count). The van der Waals surface area contributed by atoms with Gasteiger partial charge in [-0.05, 0) is 0 Å². The van der Waals surface area contributed by atoms with Crippen molar-refractivity contribution in [1.29, 1.82) is 10.5 Å². The summed E-state index contributed by atoms with van der Waals surface area (Å²) in [5, 5.41) is 19.2. The van der Waals surface area contributed by atoms with Crippen LogP contribution in [0, 0.1) is 22.7 Å². The minimum absolute atomic E-state index is 0.594. The second-order valence-corrected chi connectivity index (χ2v) is 35.2. The molecule has 10 aliphatic heterocycles. The van der Waals surface area contributed by atoms with Crippen LogP contribution in [0.3, 0.4) is 0 Å². The van der Waals surface area contributed by atoms with Gasteiger partial charge in [-0.3, -0.25) is 0 Å². The molecule has 10 saturated heterocycles. The van der Waals surface area contributed by atoms with Crippen molar-refractivity contribution < 1.29 is 6.51 Å². The van der Waals surface area contributed by atoms with Crippen molar-refractivity contribution in [3.8, 4) is 12.1 Å². The van der Waals surface area contributed by atoms with E-state index in [1.54, 1.807) is 0 Å². The summed E-state index contributed by atoms with van der Waals surface area (Å²) in [6.45, 7) is -3.20. The maximum atomic E-state index is 9.74. The van der Waals surface area contributed by atoms with Gasteiger partial charge in [0, 0.05) is 0 Å². The fraction of sp³-hybridized carbons (Fsp3) is 0.556. The fourth-order valence-electron chi connectivity index (χ4n) is 18.0. The number of hydrogen-bond acceptors (Lipinski definition) is 2. The summed E-state index contributed by atoms with van der Waals surface area (Å²) in [5.74, 6) is 0. The van der Waals surface area contributed by atoms with Crippen molar-refractivity contribution in [1.82, 2.24) is 0 Å². The molecule has 10 fully saturated rings. The van der Waals surface area contributed by atoms with Gasteiger partial charge in [-0.15, -0.1) is 0 Å². The zero-order chi connectivity index (χ0) is 13.3. The van der Waals surface area contributed by atoms with Crippen LogP contribution < -0.4 is 0 Å². The minimum atomic E-state index is -3.20. The Kier molecular flexibility index (Phi) is 0.266. The van der Waals surface area contributed by atoms with Crippen LogP contribution in [0.1, 0.15) is 16.7 Å². The average molecular weight is 312 g/mol. The standard InChI is InChI=1S/C13H7N2.C5H5.Fe/c14-8-11-6-3-7-12(13(11)9-15)10-4-1-2-5-10;1-2-4-5-3-1;/h1-7H;1-5H;. The van der Waals surface area contributed by atoms with Gasteiger partial charge in [0.25, 0.3) is 0 Å². The van der Waals surface area contributed by atoms with E-state index >= 15 is 0 Å². The van der Waals surface area contributed by atoms with Crippen molar-refractivity contribution in [2.45, 2.75) is 47.7 Å². The number of fused-ring (bicyclic) bond motifs is 10. The first-order chi connectivity index (χ1) is 10.0. The van der Waals surface area contributed by atoms with E-state index in [0.29, 0.717) is 9.88 Å². The molecule has 4 atom stereocenters. The van der Waals surface area contributed by atoms with Gasteiger partial charge < -0.3 is 0 Å². The Labute approximate surface area is 112 Å². The topological polar surface area (TPSA) is 47.6 Å². The number of benzene rings is 1. The number of nitrogens with zero attached hydrogens (tertiary/aromatic N) is 2. The van der Waals surface area contributed by atoms with E-state index < -0.39 is 6.51 Å². The SMILES string of the molecule is N#Cc1cccc([C]23[CH]4[CH]5[CH]6[CH]2[Fe]56432789[CH]3[CH]2[CH]7[CH]8[CH]39)c1C#N. The van der Waals surface area contributed by atoms with Gasteiger partial charge in [0.05, 0.1) is 0 Å². The Morgan fingerprint density at radius 1 is 0.857 bits per heavy atom. The van der Waals surface area contributed by atoms with Crippen LogP contribution in [-0.4, -0.2) is 0 Å². The van der Waals surface area contributed by atoms with Gasteiger partial charge in [0.1, 0.15) is 0 Å². The van der Waals surface area contributed by atoms with Crippen molar-refractivity contribution in [2.75, 3.05) is 0 Å². The maximum absolute atomic E-state index is 9.74. The molecular formula is C18H12FeN2. The van der Waals surface area contributed by atoms with Crippen LogP contribution in [0.15, 0.2) is 18.2 Å². The first-order valence-electron chi connectivity index (χ1n) is 8.20. The molecule has 0 bridgehead atoms. The van der Waals surface area contributed by atoms with Gasteiger partial charge >= 0.3 is 112 Å². The van der Waals surface area contributed by atoms with Crippen molar-refractivity contribution in [3.63, 3.8) is 0 Å². The third-order valence-electron chi connectivity index (χ3n) is 16.4. The Bertz CT molecular complexity index is 1310. The summed E-state index contributed by atoms with van der Waals surface area (Å²) in [5.41, 5.74) is 2.84. The van der Waals surface area contributed by atoms with Crippen LogP contribution in [0.25, 0.3) is 0 Å². The van der Waals surface area contributed by atoms with E-state index in [1.807, 2.05) is 6.07 Å². The molecule has 1 aromatic rings. The molecule has 0 amide bonds. The molecule has 3 heteroatoms. The van der Waals surface area contributed by atoms with Gasteiger partial charge in [0.15, 0.2) is 0 Å². The fourth-order valence-corrected chi connectivity index (χ4v) is 92.2. The molecule has 10 heterocycles. The van der Waals surface area contributed by atoms with E-state index in [0.717, 1.165) is 15.2 Å². The quantitative estimate of drug-likeness (QED) is 0.729. The molecule has 0 saturated carbocycles. The normalized spacial score (nSPS) is 97.7. The van der Waals surface area contributed by atoms with Gasteiger partial charge in [-0.1, -0.05) is 0 Å². The summed E-state index contributed by atoms with van der Waals surface area (Å²) < 4.78 is 0.594. The Morgan fingerprint density at radius 3 is 1.86 bits per heavy atom. The summed E-state index contributed by atoms with van der Waals surface area (Å²) in [6, 6.07) is 10.9. The molecule has 2 nitrogen and oxygen atoms in total. The predicted octanol–water partition coefficient (Wildman–Crippen LogP) is 4.23. The van der Waals surface area contributed by atoms with Gasteiger partial charge in [-0.2, -0.15) is 0 Å². The molecule has 21 heavy (non-hydrogen) atoms. The molecule has 4 unspecified atom stereocenters. The van der Waals surface area contributed by atoms with E-state index in [-0.39, 0.29) is 0 Å². The van der Waals surface area contributed by atoms with Crippen LogP contribution in [0.4, 0.5) is 0 Å². The van der Waals surface area contributed by atoms with Crippen LogP contribution >= 0.6 is 0 Å². The summed E-state index contributed by atoms with van der Waals surface area (Å²) >= 11 is 0. The van der Waals surface area contributed by atoms with E-state index in [2.05, 4.69) is 24.3 Å². The molecule has 0 radical (unpaired) electrons. The second-order valence-electron chi connectivity index (χ2n) is 11.6. The van der Waals surface area contributed by atoms with Crippen LogP contribution in [-0.2, 0) is 10.8 Å². The van der Waals surface area contributed by atoms with Crippen molar-refractivity contribution in [3.05, 3.63) is 34.9 Å². The van der Waals surface area contributed by atoms with Gasteiger partial charge in [0.2, 0.25) is 0 Å². The summed E-state index contributed by atoms with van der Waals surface area (Å²) in [4.78, 5) is 11.2. The molecular weight excluding hydrogens is 300 g/mol. The predicted molar refractivity (Wildman–Crippen MR) is 71.3 cm³/mol. The van der Waals surface area contributed by atoms with Crippen molar-refractivity contribution in [2.24, 2.45) is 0 Å². The van der Waals surface area contributed by atoms with Crippen LogP contribution in [0.2, 0.25) is 43.3 Å². The van der Waals surface area contributed by atoms with E-state index in [9.17, 15) is 10.5 Å². The van der Waals surface area contributed by atoms with Crippen molar-refractivity contribution >= 4 is 0 Å². The molecule has 10 aliphatic rings. The number of rotatable bonds is 1. The van der Waals surface area contributed by atoms with Crippen LogP contribution in [0.5, 0.6) is 0 Å². The Hall–Kier alpha value is -1.28. The Morgan fingerprint density at radius 2 is 1.48 bits per heavy atom. The zero-order valence-electron chi connectivity index (χ0n) is 11.2. The molecule has 102 valence electrons. The first kappa shape index (κ1) is 7.82. The van der Waals surface area contributed by atoms with E-state index in [1.165, 1.54) is 39.3 Å². The third-order valence-corrected chi connectivity index (χ3v) is 58.7. The third kappa shape index (κ3) is 0.0942. The monoisotopic (exact) mass is 312 g/mol. The molecule has 0 aliphatic carbocycles. The zero-order valence-corrected chi connectivity index (χ0v) is 12.3. The summed E-state index contributed by atoms with van der Waals surface area (Å²) in [7, 11) is 0. The summed E-state index contributed by atoms with van der Waals surface area (Å²) in [6.07, 6.45) is 0. The molecule has 1 aromatic carbocycles. The second kappa shape index (κ2) is 0.714. The first-order valence-corrected chi connectivity index (χ1v) is 14.5. The number of hydrogen-bond donors (Lipinski definition) is 0. The number of nitriles is 2. The van der Waals surface area contributed by atoms with Gasteiger partial charge in [-0.25, -0.2) is 0 Å². The molecule has 0 N–H and O–H groups in total.